The highest BCUT2D eigenvalue weighted by Crippen LogP contribution is 2.62. The second-order valence-electron chi connectivity index (χ2n) is 10.1. The second-order valence-corrected chi connectivity index (χ2v) is 10.1. The molecule has 174 valence electrons. The number of methoxy groups -OCH3 is 1. The predicted octanol–water partition coefficient (Wildman–Crippen LogP) is 5.39. The fourth-order valence-corrected chi connectivity index (χ4v) is 6.79. The normalized spacial score (nSPS) is 28.3. The number of rotatable bonds is 7. The number of hydrogen-bond donors (Lipinski definition) is 1. The smallest absolute Gasteiger partial charge is 0.315 e. The Balaban J connectivity index is 1.49. The van der Waals surface area contributed by atoms with Gasteiger partial charge in [-0.25, -0.2) is 0 Å². The average Bonchev–Trinajstić information content (AvgIpc) is 2.82. The molecule has 0 heterocycles. The van der Waals surface area contributed by atoms with Crippen molar-refractivity contribution in [2.75, 3.05) is 13.7 Å². The summed E-state index contributed by atoms with van der Waals surface area (Å²) in [7, 11) is 1.62. The van der Waals surface area contributed by atoms with Crippen molar-refractivity contribution < 1.29 is 19.3 Å². The van der Waals surface area contributed by atoms with Crippen LogP contribution in [0.25, 0.3) is 0 Å². The Hall–Kier alpha value is -2.32. The molecule has 4 bridgehead atoms. The molecule has 0 spiro atoms. The van der Waals surface area contributed by atoms with Crippen molar-refractivity contribution in [1.29, 1.82) is 0 Å². The summed E-state index contributed by atoms with van der Waals surface area (Å²) in [5.74, 6) is 10.0. The van der Waals surface area contributed by atoms with Gasteiger partial charge in [0, 0.05) is 23.8 Å². The van der Waals surface area contributed by atoms with Gasteiger partial charge in [0.2, 0.25) is 0 Å². The molecule has 4 saturated carbocycles. The maximum atomic E-state index is 9.26. The third-order valence-corrected chi connectivity index (χ3v) is 7.80. The standard InChI is InChI=1S/C29H34O4/c1-3-32-28(31-2)33-27-11-10-21(7-4-20-5-8-22(19-30)9-6-20)15-26(27)29-16-23-12-24(17-29)14-25(13-23)18-29/h5-6,8-11,15,23-25,28,30H,3,12-14,16-19H2,1-2H3. The monoisotopic (exact) mass is 446 g/mol. The first-order chi connectivity index (χ1) is 16.1. The van der Waals surface area contributed by atoms with Crippen LogP contribution in [0.2, 0.25) is 0 Å². The van der Waals surface area contributed by atoms with E-state index < -0.39 is 6.48 Å². The van der Waals surface area contributed by atoms with Crippen LogP contribution < -0.4 is 4.74 Å². The number of hydrogen-bond acceptors (Lipinski definition) is 4. The van der Waals surface area contributed by atoms with Crippen molar-refractivity contribution in [1.82, 2.24) is 0 Å². The highest BCUT2D eigenvalue weighted by molar-refractivity contribution is 5.51. The fraction of sp³-hybridized carbons (Fsp3) is 0.517. The molecule has 4 aliphatic carbocycles. The highest BCUT2D eigenvalue weighted by Gasteiger charge is 2.52. The Labute approximate surface area is 197 Å². The van der Waals surface area contributed by atoms with Crippen LogP contribution in [-0.4, -0.2) is 25.3 Å². The van der Waals surface area contributed by atoms with Gasteiger partial charge in [-0.1, -0.05) is 24.0 Å². The van der Waals surface area contributed by atoms with E-state index in [1.54, 1.807) is 7.11 Å². The molecule has 1 N–H and O–H groups in total. The lowest BCUT2D eigenvalue weighted by Gasteiger charge is -2.57. The van der Waals surface area contributed by atoms with Crippen LogP contribution in [0.15, 0.2) is 42.5 Å². The summed E-state index contributed by atoms with van der Waals surface area (Å²) in [4.78, 5) is 0. The molecule has 0 saturated heterocycles. The summed E-state index contributed by atoms with van der Waals surface area (Å²) >= 11 is 0. The molecule has 0 amide bonds. The molecule has 4 fully saturated rings. The van der Waals surface area contributed by atoms with Crippen molar-refractivity contribution in [2.24, 2.45) is 17.8 Å². The van der Waals surface area contributed by atoms with Crippen molar-refractivity contribution in [3.63, 3.8) is 0 Å². The van der Waals surface area contributed by atoms with Crippen LogP contribution in [0, 0.1) is 29.6 Å². The summed E-state index contributed by atoms with van der Waals surface area (Å²) in [6.45, 7) is 1.82. The molecule has 0 radical (unpaired) electrons. The van der Waals surface area contributed by atoms with E-state index >= 15 is 0 Å². The van der Waals surface area contributed by atoms with Crippen LogP contribution in [0.5, 0.6) is 5.75 Å². The van der Waals surface area contributed by atoms with Crippen LogP contribution >= 0.6 is 0 Å². The number of benzene rings is 2. The molecule has 6 rings (SSSR count). The zero-order valence-electron chi connectivity index (χ0n) is 19.7. The Morgan fingerprint density at radius 1 is 0.939 bits per heavy atom. The minimum Gasteiger partial charge on any atom is -0.441 e. The largest absolute Gasteiger partial charge is 0.441 e. The summed E-state index contributed by atoms with van der Waals surface area (Å²) in [6.07, 6.45) is 7.96. The topological polar surface area (TPSA) is 47.9 Å². The number of aliphatic hydroxyl groups is 1. The SMILES string of the molecule is CCOC(OC)Oc1ccc(C#Cc2ccc(CO)cc2)cc1C12CC3CC(CC(C3)C1)C2. The Morgan fingerprint density at radius 2 is 1.55 bits per heavy atom. The van der Waals surface area contributed by atoms with Gasteiger partial charge in [-0.3, -0.25) is 0 Å². The molecule has 4 heteroatoms. The van der Waals surface area contributed by atoms with Gasteiger partial charge in [0.05, 0.1) is 13.2 Å². The van der Waals surface area contributed by atoms with E-state index in [9.17, 15) is 5.11 Å². The second kappa shape index (κ2) is 9.50. The molecule has 0 aliphatic heterocycles. The third-order valence-electron chi connectivity index (χ3n) is 7.80. The van der Waals surface area contributed by atoms with Crippen LogP contribution in [0.3, 0.4) is 0 Å². The van der Waals surface area contributed by atoms with E-state index in [1.807, 2.05) is 37.3 Å². The molecule has 33 heavy (non-hydrogen) atoms. The molecule has 1 atom stereocenters. The van der Waals surface area contributed by atoms with E-state index in [0.717, 1.165) is 40.2 Å². The van der Waals surface area contributed by atoms with Crippen molar-refractivity contribution in [2.45, 2.75) is 63.9 Å². The van der Waals surface area contributed by atoms with Gasteiger partial charge in [0.15, 0.2) is 0 Å². The predicted molar refractivity (Wildman–Crippen MR) is 128 cm³/mol. The van der Waals surface area contributed by atoms with Crippen LogP contribution in [-0.2, 0) is 21.5 Å². The molecular formula is C29H34O4. The van der Waals surface area contributed by atoms with E-state index in [-0.39, 0.29) is 12.0 Å². The molecule has 2 aromatic rings. The first-order valence-electron chi connectivity index (χ1n) is 12.3. The van der Waals surface area contributed by atoms with Gasteiger partial charge >= 0.3 is 6.48 Å². The van der Waals surface area contributed by atoms with Gasteiger partial charge in [-0.15, -0.1) is 0 Å². The summed E-state index contributed by atoms with van der Waals surface area (Å²) in [5.41, 5.74) is 4.30. The van der Waals surface area contributed by atoms with Crippen molar-refractivity contribution >= 4 is 0 Å². The van der Waals surface area contributed by atoms with E-state index in [2.05, 4.69) is 24.0 Å². The van der Waals surface area contributed by atoms with E-state index in [0.29, 0.717) is 6.61 Å². The molecule has 4 nitrogen and oxygen atoms in total. The van der Waals surface area contributed by atoms with Gasteiger partial charge in [-0.2, -0.15) is 0 Å². The number of ether oxygens (including phenoxy) is 3. The quantitative estimate of drug-likeness (QED) is 0.457. The van der Waals surface area contributed by atoms with Gasteiger partial charge in [-0.05, 0) is 105 Å². The zero-order chi connectivity index (χ0) is 22.8. The van der Waals surface area contributed by atoms with Crippen molar-refractivity contribution in [3.05, 3.63) is 64.7 Å². The zero-order valence-corrected chi connectivity index (χ0v) is 19.7. The van der Waals surface area contributed by atoms with Crippen LogP contribution in [0.1, 0.15) is 67.7 Å². The first-order valence-corrected chi connectivity index (χ1v) is 12.3. The Bertz CT molecular complexity index is 995. The Kier molecular flexibility index (Phi) is 6.47. The minimum absolute atomic E-state index is 0.0494. The summed E-state index contributed by atoms with van der Waals surface area (Å²) < 4.78 is 17.3. The molecule has 4 aliphatic rings. The third kappa shape index (κ3) is 4.68. The number of aliphatic hydroxyl groups excluding tert-OH is 1. The lowest BCUT2D eigenvalue weighted by Crippen LogP contribution is -2.48. The minimum atomic E-state index is -0.704. The Morgan fingerprint density at radius 3 is 2.12 bits per heavy atom. The van der Waals surface area contributed by atoms with Crippen LogP contribution in [0.4, 0.5) is 0 Å². The average molecular weight is 447 g/mol. The summed E-state index contributed by atoms with van der Waals surface area (Å²) in [6, 6.07) is 14.1. The van der Waals surface area contributed by atoms with Crippen molar-refractivity contribution in [3.8, 4) is 17.6 Å². The van der Waals surface area contributed by atoms with Gasteiger partial charge < -0.3 is 19.3 Å². The van der Waals surface area contributed by atoms with Gasteiger partial charge in [0.25, 0.3) is 0 Å². The maximum absolute atomic E-state index is 9.26. The lowest BCUT2D eigenvalue weighted by molar-refractivity contribution is -0.231. The fourth-order valence-electron chi connectivity index (χ4n) is 6.79. The molecule has 2 aromatic carbocycles. The molecular weight excluding hydrogens is 412 g/mol. The maximum Gasteiger partial charge on any atom is 0.315 e. The first kappa shape index (κ1) is 22.5. The van der Waals surface area contributed by atoms with E-state index in [4.69, 9.17) is 14.2 Å². The van der Waals surface area contributed by atoms with Gasteiger partial charge in [0.1, 0.15) is 5.75 Å². The lowest BCUT2D eigenvalue weighted by atomic mass is 9.48. The molecule has 0 aromatic heterocycles. The summed E-state index contributed by atoms with van der Waals surface area (Å²) in [5, 5.41) is 9.26. The van der Waals surface area contributed by atoms with E-state index in [1.165, 1.54) is 44.1 Å². The highest BCUT2D eigenvalue weighted by atomic mass is 16.8. The molecule has 1 unspecified atom stereocenters.